The minimum absolute atomic E-state index is 0.0956. The first-order chi connectivity index (χ1) is 9.91. The highest BCUT2D eigenvalue weighted by Crippen LogP contribution is 2.58. The van der Waals surface area contributed by atoms with Gasteiger partial charge in [0.2, 0.25) is 11.9 Å². The van der Waals surface area contributed by atoms with E-state index in [-0.39, 0.29) is 5.95 Å². The topological polar surface area (TPSA) is 121 Å². The van der Waals surface area contributed by atoms with Gasteiger partial charge >= 0.3 is 5.97 Å². The first-order valence-corrected chi connectivity index (χ1v) is 6.41. The molecule has 1 aliphatic carbocycles. The molecule has 0 saturated heterocycles. The molecule has 1 fully saturated rings. The van der Waals surface area contributed by atoms with E-state index in [2.05, 4.69) is 20.5 Å². The van der Waals surface area contributed by atoms with Crippen molar-refractivity contribution in [1.29, 1.82) is 0 Å². The predicted octanol–water partition coefficient (Wildman–Crippen LogP) is 1.36. The van der Waals surface area contributed by atoms with E-state index in [1.165, 1.54) is 6.26 Å². The number of carboxylic acids is 1. The molecule has 21 heavy (non-hydrogen) atoms. The fourth-order valence-electron chi connectivity index (χ4n) is 2.62. The molecular formula is C13H14N4O4. The van der Waals surface area contributed by atoms with Crippen LogP contribution in [0.1, 0.15) is 13.8 Å². The highest BCUT2D eigenvalue weighted by atomic mass is 16.4. The molecule has 2 heterocycles. The maximum absolute atomic E-state index is 12.1. The lowest BCUT2D eigenvalue weighted by Gasteiger charge is -2.01. The molecule has 2 aromatic rings. The van der Waals surface area contributed by atoms with Crippen molar-refractivity contribution in [3.05, 3.63) is 18.4 Å². The number of carbonyl (C=O) groups is 2. The predicted molar refractivity (Wildman–Crippen MR) is 71.1 cm³/mol. The van der Waals surface area contributed by atoms with E-state index >= 15 is 0 Å². The Morgan fingerprint density at radius 2 is 2.19 bits per heavy atom. The highest BCUT2D eigenvalue weighted by Gasteiger charge is 2.66. The molecule has 0 unspecified atom stereocenters. The van der Waals surface area contributed by atoms with Crippen LogP contribution in [-0.4, -0.2) is 32.2 Å². The number of hydrogen-bond acceptors (Lipinski definition) is 5. The van der Waals surface area contributed by atoms with Gasteiger partial charge in [0.15, 0.2) is 11.6 Å². The Hall–Kier alpha value is -2.64. The second-order valence-corrected chi connectivity index (χ2v) is 5.59. The van der Waals surface area contributed by atoms with Gasteiger partial charge in [-0.05, 0) is 17.5 Å². The maximum atomic E-state index is 12.1. The number of aromatic nitrogens is 3. The zero-order valence-electron chi connectivity index (χ0n) is 11.5. The molecule has 1 saturated carbocycles. The number of nitrogens with zero attached hydrogens (tertiary/aromatic N) is 2. The number of amides is 1. The van der Waals surface area contributed by atoms with Crippen molar-refractivity contribution in [3.63, 3.8) is 0 Å². The summed E-state index contributed by atoms with van der Waals surface area (Å²) in [5, 5.41) is 18.1. The van der Waals surface area contributed by atoms with E-state index in [0.717, 1.165) is 0 Å². The summed E-state index contributed by atoms with van der Waals surface area (Å²) in [6.07, 6.45) is 1.50. The SMILES string of the molecule is CC1(C)[C@H](C(=O)O)[C@H]1C(=O)Nc1n[nH]c(-c2ccco2)n1. The summed E-state index contributed by atoms with van der Waals surface area (Å²) < 4.78 is 5.16. The first-order valence-electron chi connectivity index (χ1n) is 6.41. The Morgan fingerprint density at radius 1 is 1.43 bits per heavy atom. The fourth-order valence-corrected chi connectivity index (χ4v) is 2.62. The number of carboxylic acid groups (broad SMARTS) is 1. The van der Waals surface area contributed by atoms with Crippen LogP contribution in [0.25, 0.3) is 11.6 Å². The standard InChI is InChI=1S/C13H14N4O4/c1-13(2)7(8(13)11(19)20)10(18)15-12-14-9(16-17-12)6-4-3-5-21-6/h3-5,7-8H,1-2H3,(H,19,20)(H2,14,15,16,17,18)/t7-,8-/m0/s1. The second-order valence-electron chi connectivity index (χ2n) is 5.59. The van der Waals surface area contributed by atoms with Crippen LogP contribution in [0.4, 0.5) is 5.95 Å². The monoisotopic (exact) mass is 290 g/mol. The van der Waals surface area contributed by atoms with E-state index in [9.17, 15) is 9.59 Å². The van der Waals surface area contributed by atoms with E-state index < -0.39 is 29.1 Å². The van der Waals surface area contributed by atoms with Gasteiger partial charge in [0.25, 0.3) is 0 Å². The quantitative estimate of drug-likeness (QED) is 0.781. The highest BCUT2D eigenvalue weighted by molar-refractivity contribution is 5.98. The van der Waals surface area contributed by atoms with E-state index in [1.54, 1.807) is 26.0 Å². The van der Waals surface area contributed by atoms with Gasteiger partial charge in [-0.3, -0.25) is 20.0 Å². The lowest BCUT2D eigenvalue weighted by atomic mass is 10.1. The van der Waals surface area contributed by atoms with Crippen LogP contribution in [0.5, 0.6) is 0 Å². The van der Waals surface area contributed by atoms with Gasteiger partial charge < -0.3 is 9.52 Å². The molecule has 0 aliphatic heterocycles. The smallest absolute Gasteiger partial charge is 0.307 e. The summed E-state index contributed by atoms with van der Waals surface area (Å²) in [6, 6.07) is 3.41. The molecule has 3 N–H and O–H groups in total. The van der Waals surface area contributed by atoms with Crippen LogP contribution < -0.4 is 5.32 Å². The Balaban J connectivity index is 1.71. The van der Waals surface area contributed by atoms with Gasteiger partial charge in [-0.1, -0.05) is 13.8 Å². The number of H-pyrrole nitrogens is 1. The molecule has 2 atom stereocenters. The molecule has 8 nitrogen and oxygen atoms in total. The molecular weight excluding hydrogens is 276 g/mol. The second kappa shape index (κ2) is 4.44. The number of aromatic amines is 1. The first kappa shape index (κ1) is 13.3. The number of carbonyl (C=O) groups excluding carboxylic acids is 1. The minimum Gasteiger partial charge on any atom is -0.481 e. The maximum Gasteiger partial charge on any atom is 0.307 e. The molecule has 0 radical (unpaired) electrons. The van der Waals surface area contributed by atoms with Crippen LogP contribution >= 0.6 is 0 Å². The third kappa shape index (κ3) is 2.18. The van der Waals surface area contributed by atoms with Crippen molar-refractivity contribution in [1.82, 2.24) is 15.2 Å². The van der Waals surface area contributed by atoms with Crippen molar-refractivity contribution in [3.8, 4) is 11.6 Å². The van der Waals surface area contributed by atoms with Gasteiger partial charge in [0, 0.05) is 0 Å². The summed E-state index contributed by atoms with van der Waals surface area (Å²) in [5.41, 5.74) is -0.559. The Morgan fingerprint density at radius 3 is 2.76 bits per heavy atom. The van der Waals surface area contributed by atoms with Gasteiger partial charge in [-0.2, -0.15) is 4.98 Å². The average Bonchev–Trinajstić information content (AvgIpc) is 2.85. The van der Waals surface area contributed by atoms with Gasteiger partial charge in [-0.25, -0.2) is 0 Å². The van der Waals surface area contributed by atoms with Crippen LogP contribution in [0, 0.1) is 17.3 Å². The molecule has 0 bridgehead atoms. The third-order valence-corrected chi connectivity index (χ3v) is 3.85. The van der Waals surface area contributed by atoms with Crippen molar-refractivity contribution in [2.45, 2.75) is 13.8 Å². The molecule has 3 rings (SSSR count). The summed E-state index contributed by atoms with van der Waals surface area (Å²) in [6.45, 7) is 3.50. The van der Waals surface area contributed by atoms with E-state index in [0.29, 0.717) is 11.6 Å². The zero-order valence-corrected chi connectivity index (χ0v) is 11.5. The van der Waals surface area contributed by atoms with Crippen LogP contribution in [-0.2, 0) is 9.59 Å². The number of anilines is 1. The van der Waals surface area contributed by atoms with Crippen molar-refractivity contribution >= 4 is 17.8 Å². The minimum atomic E-state index is -0.966. The van der Waals surface area contributed by atoms with Crippen molar-refractivity contribution in [2.75, 3.05) is 5.32 Å². The lowest BCUT2D eigenvalue weighted by molar-refractivity contribution is -0.140. The summed E-state index contributed by atoms with van der Waals surface area (Å²) in [4.78, 5) is 27.3. The van der Waals surface area contributed by atoms with Gasteiger partial charge in [0.05, 0.1) is 18.1 Å². The van der Waals surface area contributed by atoms with Crippen LogP contribution in [0.2, 0.25) is 0 Å². The van der Waals surface area contributed by atoms with Gasteiger partial charge in [-0.15, -0.1) is 5.10 Å². The normalized spacial score (nSPS) is 22.8. The molecule has 1 amide bonds. The van der Waals surface area contributed by atoms with Crippen molar-refractivity contribution < 1.29 is 19.1 Å². The van der Waals surface area contributed by atoms with Gasteiger partial charge in [0.1, 0.15) is 0 Å². The number of aliphatic carboxylic acids is 1. The summed E-state index contributed by atoms with van der Waals surface area (Å²) in [7, 11) is 0. The Labute approximate surface area is 119 Å². The third-order valence-electron chi connectivity index (χ3n) is 3.85. The molecule has 110 valence electrons. The molecule has 8 heteroatoms. The number of furan rings is 1. The van der Waals surface area contributed by atoms with E-state index in [4.69, 9.17) is 9.52 Å². The largest absolute Gasteiger partial charge is 0.481 e. The summed E-state index contributed by atoms with van der Waals surface area (Å²) in [5.74, 6) is -1.64. The average molecular weight is 290 g/mol. The number of rotatable bonds is 4. The molecule has 2 aromatic heterocycles. The number of nitrogens with one attached hydrogen (secondary N) is 2. The Bertz CT molecular complexity index is 689. The van der Waals surface area contributed by atoms with Crippen LogP contribution in [0.15, 0.2) is 22.8 Å². The Kier molecular flexibility index (Phi) is 2.82. The van der Waals surface area contributed by atoms with Crippen LogP contribution in [0.3, 0.4) is 0 Å². The summed E-state index contributed by atoms with van der Waals surface area (Å²) >= 11 is 0. The zero-order chi connectivity index (χ0) is 15.2. The van der Waals surface area contributed by atoms with E-state index in [1.807, 2.05) is 0 Å². The van der Waals surface area contributed by atoms with Crippen molar-refractivity contribution in [2.24, 2.45) is 17.3 Å². The lowest BCUT2D eigenvalue weighted by Crippen LogP contribution is -2.18. The molecule has 0 aromatic carbocycles. The number of hydrogen-bond donors (Lipinski definition) is 3. The molecule has 0 spiro atoms. The molecule has 1 aliphatic rings. The fraction of sp³-hybridized carbons (Fsp3) is 0.385.